The third-order valence-corrected chi connectivity index (χ3v) is 5.05. The lowest BCUT2D eigenvalue weighted by atomic mass is 9.70. The lowest BCUT2D eigenvalue weighted by molar-refractivity contribution is 0.149. The second-order valence-electron chi connectivity index (χ2n) is 7.55. The van der Waals surface area contributed by atoms with Crippen LogP contribution in [0.5, 0.6) is 0 Å². The number of benzene rings is 1. The summed E-state index contributed by atoms with van der Waals surface area (Å²) in [5, 5.41) is 3.81. The van der Waals surface area contributed by atoms with Crippen molar-refractivity contribution in [1.82, 2.24) is 5.32 Å². The van der Waals surface area contributed by atoms with Gasteiger partial charge in [-0.15, -0.1) is 0 Å². The largest absolute Gasteiger partial charge is 0.314 e. The summed E-state index contributed by atoms with van der Waals surface area (Å²) in [6, 6.07) is 11.6. The van der Waals surface area contributed by atoms with Crippen LogP contribution in [-0.4, -0.2) is 12.6 Å². The molecule has 0 bridgehead atoms. The molecule has 3 atom stereocenters. The van der Waals surface area contributed by atoms with Crippen molar-refractivity contribution >= 4 is 0 Å². The lowest BCUT2D eigenvalue weighted by Crippen LogP contribution is -2.42. The highest BCUT2D eigenvalue weighted by Crippen LogP contribution is 2.38. The highest BCUT2D eigenvalue weighted by molar-refractivity contribution is 5.18. The van der Waals surface area contributed by atoms with Gasteiger partial charge >= 0.3 is 0 Å². The van der Waals surface area contributed by atoms with E-state index in [0.29, 0.717) is 11.3 Å². The lowest BCUT2D eigenvalue weighted by Gasteiger charge is -2.39. The molecule has 1 nitrogen and oxygen atoms in total. The van der Waals surface area contributed by atoms with Crippen molar-refractivity contribution in [1.29, 1.82) is 0 Å². The highest BCUT2D eigenvalue weighted by Gasteiger charge is 2.31. The SMILES string of the molecule is CC(CCNC1CCC(C)(C)CC1C)c1ccccc1. The Morgan fingerprint density at radius 2 is 1.95 bits per heavy atom. The summed E-state index contributed by atoms with van der Waals surface area (Å²) in [7, 11) is 0. The van der Waals surface area contributed by atoms with Crippen LogP contribution in [0.25, 0.3) is 0 Å². The molecule has 1 aliphatic carbocycles. The molecular weight excluding hydrogens is 242 g/mol. The van der Waals surface area contributed by atoms with Crippen LogP contribution in [0.4, 0.5) is 0 Å². The summed E-state index contributed by atoms with van der Waals surface area (Å²) >= 11 is 0. The molecule has 20 heavy (non-hydrogen) atoms. The van der Waals surface area contributed by atoms with Crippen LogP contribution >= 0.6 is 0 Å². The van der Waals surface area contributed by atoms with E-state index < -0.39 is 0 Å². The standard InChI is InChI=1S/C19H31N/c1-15(17-8-6-5-7-9-17)11-13-20-18-10-12-19(3,4)14-16(18)2/h5-9,15-16,18,20H,10-14H2,1-4H3. The molecule has 0 aromatic heterocycles. The Labute approximate surface area is 125 Å². The van der Waals surface area contributed by atoms with Gasteiger partial charge in [0.1, 0.15) is 0 Å². The van der Waals surface area contributed by atoms with E-state index in [-0.39, 0.29) is 0 Å². The first-order chi connectivity index (χ1) is 9.48. The van der Waals surface area contributed by atoms with Crippen LogP contribution in [0.2, 0.25) is 0 Å². The Kier molecular flexibility index (Phi) is 5.26. The highest BCUT2D eigenvalue weighted by atomic mass is 14.9. The molecule has 2 rings (SSSR count). The van der Waals surface area contributed by atoms with E-state index in [0.717, 1.165) is 18.5 Å². The fourth-order valence-corrected chi connectivity index (χ4v) is 3.68. The average Bonchev–Trinajstić information content (AvgIpc) is 2.41. The molecule has 0 aliphatic heterocycles. The van der Waals surface area contributed by atoms with Crippen LogP contribution in [0.1, 0.15) is 64.9 Å². The fraction of sp³-hybridized carbons (Fsp3) is 0.684. The van der Waals surface area contributed by atoms with Crippen LogP contribution in [0, 0.1) is 11.3 Å². The van der Waals surface area contributed by atoms with Crippen LogP contribution < -0.4 is 5.32 Å². The Morgan fingerprint density at radius 1 is 1.25 bits per heavy atom. The molecule has 0 heterocycles. The van der Waals surface area contributed by atoms with Crippen molar-refractivity contribution in [2.45, 2.75) is 65.3 Å². The minimum atomic E-state index is 0.551. The minimum Gasteiger partial charge on any atom is -0.314 e. The quantitative estimate of drug-likeness (QED) is 0.797. The molecule has 1 N–H and O–H groups in total. The van der Waals surface area contributed by atoms with Gasteiger partial charge < -0.3 is 5.32 Å². The molecule has 0 radical (unpaired) electrons. The predicted molar refractivity (Wildman–Crippen MR) is 88.1 cm³/mol. The Hall–Kier alpha value is -0.820. The van der Waals surface area contributed by atoms with Crippen molar-refractivity contribution < 1.29 is 0 Å². The van der Waals surface area contributed by atoms with E-state index in [1.165, 1.54) is 31.2 Å². The van der Waals surface area contributed by atoms with E-state index in [2.05, 4.69) is 63.3 Å². The molecular formula is C19H31N. The normalized spacial score (nSPS) is 27.2. The summed E-state index contributed by atoms with van der Waals surface area (Å²) in [5.74, 6) is 1.46. The van der Waals surface area contributed by atoms with E-state index in [1.54, 1.807) is 0 Å². The van der Waals surface area contributed by atoms with E-state index >= 15 is 0 Å². The summed E-state index contributed by atoms with van der Waals surface area (Å²) in [5.41, 5.74) is 2.02. The molecule has 0 spiro atoms. The second kappa shape index (κ2) is 6.76. The number of hydrogen-bond acceptors (Lipinski definition) is 1. The van der Waals surface area contributed by atoms with Crippen molar-refractivity contribution in [2.75, 3.05) is 6.54 Å². The molecule has 1 fully saturated rings. The van der Waals surface area contributed by atoms with E-state index in [9.17, 15) is 0 Å². The molecule has 1 aromatic carbocycles. The maximum Gasteiger partial charge on any atom is 0.00930 e. The zero-order valence-corrected chi connectivity index (χ0v) is 13.7. The summed E-state index contributed by atoms with van der Waals surface area (Å²) in [6.45, 7) is 10.7. The first kappa shape index (κ1) is 15.6. The smallest absolute Gasteiger partial charge is 0.00930 e. The first-order valence-corrected chi connectivity index (χ1v) is 8.26. The Bertz CT molecular complexity index is 395. The van der Waals surface area contributed by atoms with Gasteiger partial charge in [-0.3, -0.25) is 0 Å². The summed E-state index contributed by atoms with van der Waals surface area (Å²) < 4.78 is 0. The molecule has 0 saturated heterocycles. The van der Waals surface area contributed by atoms with Crippen molar-refractivity contribution in [3.8, 4) is 0 Å². The van der Waals surface area contributed by atoms with Crippen LogP contribution in [0.15, 0.2) is 30.3 Å². The Balaban J connectivity index is 1.74. The monoisotopic (exact) mass is 273 g/mol. The number of hydrogen-bond donors (Lipinski definition) is 1. The summed E-state index contributed by atoms with van der Waals surface area (Å²) in [6.07, 6.45) is 5.30. The topological polar surface area (TPSA) is 12.0 Å². The number of rotatable bonds is 5. The molecule has 1 aromatic rings. The zero-order valence-electron chi connectivity index (χ0n) is 13.7. The first-order valence-electron chi connectivity index (χ1n) is 8.26. The molecule has 112 valence electrons. The van der Waals surface area contributed by atoms with Gasteiger partial charge in [-0.25, -0.2) is 0 Å². The van der Waals surface area contributed by atoms with Gasteiger partial charge in [-0.05, 0) is 55.0 Å². The van der Waals surface area contributed by atoms with Crippen LogP contribution in [0.3, 0.4) is 0 Å². The van der Waals surface area contributed by atoms with Gasteiger partial charge in [-0.1, -0.05) is 58.0 Å². The zero-order chi connectivity index (χ0) is 14.6. The maximum absolute atomic E-state index is 3.81. The van der Waals surface area contributed by atoms with Gasteiger partial charge in [0, 0.05) is 6.04 Å². The van der Waals surface area contributed by atoms with Gasteiger partial charge in [0.2, 0.25) is 0 Å². The van der Waals surface area contributed by atoms with E-state index in [4.69, 9.17) is 0 Å². The molecule has 1 saturated carbocycles. The molecule has 1 heteroatoms. The van der Waals surface area contributed by atoms with Crippen molar-refractivity contribution in [3.63, 3.8) is 0 Å². The number of nitrogens with one attached hydrogen (secondary N) is 1. The second-order valence-corrected chi connectivity index (χ2v) is 7.55. The molecule has 0 amide bonds. The fourth-order valence-electron chi connectivity index (χ4n) is 3.68. The molecule has 1 aliphatic rings. The minimum absolute atomic E-state index is 0.551. The third kappa shape index (κ3) is 4.34. The van der Waals surface area contributed by atoms with Gasteiger partial charge in [-0.2, -0.15) is 0 Å². The predicted octanol–water partition coefficient (Wildman–Crippen LogP) is 4.98. The van der Waals surface area contributed by atoms with E-state index in [1.807, 2.05) is 0 Å². The third-order valence-electron chi connectivity index (χ3n) is 5.05. The average molecular weight is 273 g/mol. The maximum atomic E-state index is 3.81. The van der Waals surface area contributed by atoms with Gasteiger partial charge in [0.15, 0.2) is 0 Å². The van der Waals surface area contributed by atoms with Crippen LogP contribution in [-0.2, 0) is 0 Å². The van der Waals surface area contributed by atoms with Crippen molar-refractivity contribution in [3.05, 3.63) is 35.9 Å². The van der Waals surface area contributed by atoms with Gasteiger partial charge in [0.05, 0.1) is 0 Å². The Morgan fingerprint density at radius 3 is 2.60 bits per heavy atom. The van der Waals surface area contributed by atoms with Crippen molar-refractivity contribution in [2.24, 2.45) is 11.3 Å². The summed E-state index contributed by atoms with van der Waals surface area (Å²) in [4.78, 5) is 0. The van der Waals surface area contributed by atoms with Gasteiger partial charge in [0.25, 0.3) is 0 Å². The molecule has 3 unspecified atom stereocenters.